The predicted molar refractivity (Wildman–Crippen MR) is 276 cm³/mol. The molecule has 294 valence electrons. The first-order valence-electron chi connectivity index (χ1n) is 22.3. The summed E-state index contributed by atoms with van der Waals surface area (Å²) < 4.78 is 0. The standard InChI is InChI=1S/C64H38/c1-4-19-39(20-5-1)43-36-53-46-28-11-10-25-42(46)35-55-59(53)56(37-43)63-60(49-31-16-12-26-44(49)40-21-6-2-7-22-40)57-38-54-48-30-15-14-29-47(48)51-33-18-34-52(58(51)54)61(57)62(64(55)63)50-32-17-13-27-45(50)41-23-8-3-9-24-41/h1-38H. The second-order valence-electron chi connectivity index (χ2n) is 17.4. The van der Waals surface area contributed by atoms with E-state index in [1.807, 2.05) is 0 Å². The van der Waals surface area contributed by atoms with Crippen LogP contribution in [0.1, 0.15) is 0 Å². The van der Waals surface area contributed by atoms with Gasteiger partial charge in [-0.1, -0.05) is 206 Å². The van der Waals surface area contributed by atoms with Gasteiger partial charge in [0.15, 0.2) is 0 Å². The number of fused-ring (bicyclic) bond motifs is 10. The predicted octanol–water partition coefficient (Wildman–Crippen LogP) is 18.1. The van der Waals surface area contributed by atoms with Crippen LogP contribution >= 0.6 is 0 Å². The van der Waals surface area contributed by atoms with Gasteiger partial charge in [-0.15, -0.1) is 0 Å². The summed E-state index contributed by atoms with van der Waals surface area (Å²) in [5, 5.41) is 20.7. The second-order valence-corrected chi connectivity index (χ2v) is 17.4. The first kappa shape index (κ1) is 35.3. The van der Waals surface area contributed by atoms with Gasteiger partial charge < -0.3 is 0 Å². The Balaban J connectivity index is 1.33. The molecule has 0 N–H and O–H groups in total. The van der Waals surface area contributed by atoms with Crippen molar-refractivity contribution in [3.8, 4) is 55.6 Å². The van der Waals surface area contributed by atoms with Gasteiger partial charge in [-0.2, -0.15) is 0 Å². The van der Waals surface area contributed by atoms with Crippen LogP contribution < -0.4 is 0 Å². The molecular formula is C64H38. The molecule has 0 aliphatic carbocycles. The van der Waals surface area contributed by atoms with Crippen molar-refractivity contribution in [1.82, 2.24) is 0 Å². The van der Waals surface area contributed by atoms with Crippen LogP contribution in [0.4, 0.5) is 0 Å². The van der Waals surface area contributed by atoms with Gasteiger partial charge in [0.05, 0.1) is 0 Å². The third-order valence-corrected chi connectivity index (χ3v) is 14.1. The average Bonchev–Trinajstić information content (AvgIpc) is 3.87. The van der Waals surface area contributed by atoms with E-state index in [9.17, 15) is 0 Å². The summed E-state index contributed by atoms with van der Waals surface area (Å²) in [5.74, 6) is 0. The van der Waals surface area contributed by atoms with Crippen molar-refractivity contribution in [2.24, 2.45) is 0 Å². The van der Waals surface area contributed by atoms with Crippen molar-refractivity contribution in [3.05, 3.63) is 231 Å². The van der Waals surface area contributed by atoms with Gasteiger partial charge in [-0.3, -0.25) is 0 Å². The molecule has 0 aliphatic heterocycles. The minimum absolute atomic E-state index is 1.21. The number of hydrogen-bond donors (Lipinski definition) is 0. The molecule has 64 heavy (non-hydrogen) atoms. The molecule has 0 aliphatic rings. The van der Waals surface area contributed by atoms with E-state index < -0.39 is 0 Å². The maximum atomic E-state index is 2.57. The molecular weight excluding hydrogens is 769 g/mol. The Morgan fingerprint density at radius 3 is 1.28 bits per heavy atom. The lowest BCUT2D eigenvalue weighted by Gasteiger charge is -2.22. The highest BCUT2D eigenvalue weighted by Crippen LogP contribution is 2.57. The van der Waals surface area contributed by atoms with Crippen molar-refractivity contribution in [1.29, 1.82) is 0 Å². The van der Waals surface area contributed by atoms with Gasteiger partial charge in [-0.25, -0.2) is 0 Å². The minimum atomic E-state index is 1.21. The Morgan fingerprint density at radius 2 is 0.609 bits per heavy atom. The third kappa shape index (κ3) is 4.94. The van der Waals surface area contributed by atoms with E-state index in [-0.39, 0.29) is 0 Å². The first-order valence-corrected chi connectivity index (χ1v) is 22.3. The summed E-state index contributed by atoms with van der Waals surface area (Å²) in [6, 6.07) is 86.2. The van der Waals surface area contributed by atoms with Gasteiger partial charge in [0.25, 0.3) is 0 Å². The second kappa shape index (κ2) is 13.6. The van der Waals surface area contributed by atoms with Crippen LogP contribution in [0.5, 0.6) is 0 Å². The maximum absolute atomic E-state index is 2.57. The summed E-state index contributed by atoms with van der Waals surface area (Å²) >= 11 is 0. The van der Waals surface area contributed by atoms with Gasteiger partial charge in [0.1, 0.15) is 0 Å². The fourth-order valence-corrected chi connectivity index (χ4v) is 11.5. The molecule has 0 aromatic heterocycles. The van der Waals surface area contributed by atoms with Crippen LogP contribution in [0.25, 0.3) is 142 Å². The summed E-state index contributed by atoms with van der Waals surface area (Å²) in [6.07, 6.45) is 0. The fraction of sp³-hybridized carbons (Fsp3) is 0. The van der Waals surface area contributed by atoms with E-state index >= 15 is 0 Å². The van der Waals surface area contributed by atoms with E-state index in [1.54, 1.807) is 0 Å². The van der Waals surface area contributed by atoms with E-state index in [2.05, 4.69) is 231 Å². The average molecular weight is 807 g/mol. The molecule has 0 saturated carbocycles. The lowest BCUT2D eigenvalue weighted by atomic mass is 9.81. The van der Waals surface area contributed by atoms with Gasteiger partial charge in [0, 0.05) is 0 Å². The SMILES string of the molecule is c1ccc(-c2cc3c4ccccc4cc4c5c(-c6ccccc6-c6ccccc6)c6c(cc7c8ccccc8c8cccc6c87)c(-c6ccccc6-c6ccccc6)c5c(c2)c34)cc1. The molecule has 0 fully saturated rings. The number of rotatable bonds is 5. The Kier molecular flexibility index (Phi) is 7.49. The van der Waals surface area contributed by atoms with Gasteiger partial charge in [0.2, 0.25) is 0 Å². The Hall–Kier alpha value is -8.32. The van der Waals surface area contributed by atoms with Crippen molar-refractivity contribution in [2.45, 2.75) is 0 Å². The number of hydrogen-bond acceptors (Lipinski definition) is 0. The Morgan fingerprint density at radius 1 is 0.172 bits per heavy atom. The van der Waals surface area contributed by atoms with E-state index in [4.69, 9.17) is 0 Å². The van der Waals surface area contributed by atoms with Crippen LogP contribution in [-0.2, 0) is 0 Å². The summed E-state index contributed by atoms with van der Waals surface area (Å²) in [6.45, 7) is 0. The van der Waals surface area contributed by atoms with Crippen LogP contribution in [0, 0.1) is 0 Å². The highest BCUT2D eigenvalue weighted by Gasteiger charge is 2.29. The molecule has 0 saturated heterocycles. The summed E-state index contributed by atoms with van der Waals surface area (Å²) in [5.41, 5.74) is 12.4. The minimum Gasteiger partial charge on any atom is -0.0622 e. The highest BCUT2D eigenvalue weighted by atomic mass is 14.3. The molecule has 0 atom stereocenters. The zero-order chi connectivity index (χ0) is 41.9. The van der Waals surface area contributed by atoms with Crippen molar-refractivity contribution >= 4 is 86.2 Å². The molecule has 14 aromatic rings. The van der Waals surface area contributed by atoms with Crippen LogP contribution in [0.2, 0.25) is 0 Å². The topological polar surface area (TPSA) is 0 Å². The third-order valence-electron chi connectivity index (χ3n) is 14.1. The first-order chi connectivity index (χ1) is 31.8. The molecule has 14 aromatic carbocycles. The molecule has 0 spiro atoms. The Labute approximate surface area is 370 Å². The lowest BCUT2D eigenvalue weighted by molar-refractivity contribution is 1.61. The molecule has 0 bridgehead atoms. The van der Waals surface area contributed by atoms with Gasteiger partial charge >= 0.3 is 0 Å². The fourth-order valence-electron chi connectivity index (χ4n) is 11.5. The zero-order valence-corrected chi connectivity index (χ0v) is 34.9. The largest absolute Gasteiger partial charge is 0.0622 e. The highest BCUT2D eigenvalue weighted by molar-refractivity contribution is 6.46. The normalized spacial score (nSPS) is 12.1. The van der Waals surface area contributed by atoms with Gasteiger partial charge in [-0.05, 0) is 166 Å². The molecule has 0 amide bonds. The number of benzene rings is 12. The summed E-state index contributed by atoms with van der Waals surface area (Å²) in [7, 11) is 0. The van der Waals surface area contributed by atoms with E-state index in [1.165, 1.54) is 142 Å². The van der Waals surface area contributed by atoms with E-state index in [0.29, 0.717) is 0 Å². The molecule has 0 heterocycles. The molecule has 14 rings (SSSR count). The Bertz CT molecular complexity index is 4140. The lowest BCUT2D eigenvalue weighted by Crippen LogP contribution is -1.94. The van der Waals surface area contributed by atoms with Crippen LogP contribution in [0.3, 0.4) is 0 Å². The van der Waals surface area contributed by atoms with Crippen LogP contribution in [-0.4, -0.2) is 0 Å². The van der Waals surface area contributed by atoms with Crippen LogP contribution in [0.15, 0.2) is 231 Å². The summed E-state index contributed by atoms with van der Waals surface area (Å²) in [4.78, 5) is 0. The molecule has 0 heteroatoms. The van der Waals surface area contributed by atoms with Crippen molar-refractivity contribution < 1.29 is 0 Å². The van der Waals surface area contributed by atoms with Crippen molar-refractivity contribution in [3.63, 3.8) is 0 Å². The zero-order valence-electron chi connectivity index (χ0n) is 34.9. The van der Waals surface area contributed by atoms with Crippen molar-refractivity contribution in [2.75, 3.05) is 0 Å². The molecule has 0 radical (unpaired) electrons. The quantitative estimate of drug-likeness (QED) is 0.152. The smallest absolute Gasteiger partial charge is 0.000674 e. The maximum Gasteiger partial charge on any atom is -0.000674 e. The molecule has 0 nitrogen and oxygen atoms in total. The monoisotopic (exact) mass is 806 g/mol. The molecule has 0 unspecified atom stereocenters. The van der Waals surface area contributed by atoms with E-state index in [0.717, 1.165) is 0 Å².